The van der Waals surface area contributed by atoms with Crippen LogP contribution in [0.5, 0.6) is 0 Å². The Kier molecular flexibility index (Phi) is 4.24. The molecule has 4 nitrogen and oxygen atoms in total. The van der Waals surface area contributed by atoms with Gasteiger partial charge in [-0.25, -0.2) is 9.18 Å². The van der Waals surface area contributed by atoms with E-state index in [0.717, 1.165) is 23.1 Å². The van der Waals surface area contributed by atoms with Crippen molar-refractivity contribution in [2.45, 2.75) is 45.6 Å². The van der Waals surface area contributed by atoms with Gasteiger partial charge in [-0.05, 0) is 51.8 Å². The van der Waals surface area contributed by atoms with Gasteiger partial charge >= 0.3 is 6.09 Å². The first-order chi connectivity index (χ1) is 11.2. The Morgan fingerprint density at radius 3 is 2.79 bits per heavy atom. The predicted molar refractivity (Wildman–Crippen MR) is 93.2 cm³/mol. The summed E-state index contributed by atoms with van der Waals surface area (Å²) in [6.07, 6.45) is 0.500. The van der Waals surface area contributed by atoms with Crippen LogP contribution in [0.1, 0.15) is 44.4 Å². The summed E-state index contributed by atoms with van der Waals surface area (Å²) in [4.78, 5) is 17.0. The summed E-state index contributed by atoms with van der Waals surface area (Å²) >= 11 is 6.07. The van der Waals surface area contributed by atoms with Crippen LogP contribution in [0.25, 0.3) is 10.9 Å². The number of aryl methyl sites for hydroxylation is 1. The second-order valence-electron chi connectivity index (χ2n) is 7.41. The lowest BCUT2D eigenvalue weighted by Crippen LogP contribution is -2.35. The van der Waals surface area contributed by atoms with Crippen molar-refractivity contribution in [1.82, 2.24) is 9.88 Å². The van der Waals surface area contributed by atoms with E-state index in [1.165, 1.54) is 0 Å². The van der Waals surface area contributed by atoms with Crippen LogP contribution in [0.3, 0.4) is 0 Å². The topological polar surface area (TPSA) is 45.3 Å². The number of carbonyl (C=O) groups is 1. The fraction of sp³-hybridized carbons (Fsp3) is 0.500. The normalized spacial score (nSPS) is 18.4. The molecule has 1 aromatic heterocycles. The van der Waals surface area contributed by atoms with Gasteiger partial charge in [0, 0.05) is 30.1 Å². The van der Waals surface area contributed by atoms with Crippen molar-refractivity contribution in [1.29, 1.82) is 0 Å². The number of nitrogens with zero attached hydrogens (tertiary/aromatic N) is 1. The Hall–Kier alpha value is -1.75. The molecule has 2 aromatic rings. The van der Waals surface area contributed by atoms with Crippen LogP contribution < -0.4 is 0 Å². The fourth-order valence-corrected chi connectivity index (χ4v) is 3.44. The lowest BCUT2D eigenvalue weighted by atomic mass is 9.95. The Morgan fingerprint density at radius 2 is 2.12 bits per heavy atom. The molecule has 0 radical (unpaired) electrons. The molecule has 1 aliphatic heterocycles. The Bertz CT molecular complexity index is 794. The standard InChI is InChI=1S/C18H22ClFN2O2/c1-10-7-13-12(8-14(19)15(20)16(13)21-10)11-5-6-22(9-11)17(23)24-18(2,3)4/h7-8,11,21H,5-6,9H2,1-4H3. The molecule has 6 heteroatoms. The van der Waals surface area contributed by atoms with Crippen molar-refractivity contribution < 1.29 is 13.9 Å². The number of carbonyl (C=O) groups excluding carboxylic acids is 1. The molecule has 24 heavy (non-hydrogen) atoms. The highest BCUT2D eigenvalue weighted by Crippen LogP contribution is 2.37. The molecule has 1 amide bonds. The largest absolute Gasteiger partial charge is 0.444 e. The van der Waals surface area contributed by atoms with Crippen molar-refractivity contribution in [2.24, 2.45) is 0 Å². The van der Waals surface area contributed by atoms with Gasteiger partial charge < -0.3 is 14.6 Å². The zero-order chi connectivity index (χ0) is 17.6. The summed E-state index contributed by atoms with van der Waals surface area (Å²) in [5.41, 5.74) is 1.78. The van der Waals surface area contributed by atoms with E-state index in [1.54, 1.807) is 11.0 Å². The van der Waals surface area contributed by atoms with Crippen molar-refractivity contribution in [3.05, 3.63) is 34.2 Å². The summed E-state index contributed by atoms with van der Waals surface area (Å²) in [6, 6.07) is 3.62. The van der Waals surface area contributed by atoms with Gasteiger partial charge in [-0.1, -0.05) is 11.6 Å². The highest BCUT2D eigenvalue weighted by Gasteiger charge is 2.32. The number of aromatic amines is 1. The number of nitrogens with one attached hydrogen (secondary N) is 1. The molecule has 1 fully saturated rings. The van der Waals surface area contributed by atoms with Gasteiger partial charge in [0.25, 0.3) is 0 Å². The van der Waals surface area contributed by atoms with Crippen molar-refractivity contribution in [3.8, 4) is 0 Å². The number of benzene rings is 1. The summed E-state index contributed by atoms with van der Waals surface area (Å²) in [5, 5.41) is 0.945. The smallest absolute Gasteiger partial charge is 0.410 e. The summed E-state index contributed by atoms with van der Waals surface area (Å²) in [6.45, 7) is 8.62. The quantitative estimate of drug-likeness (QED) is 0.785. The molecule has 0 saturated carbocycles. The second-order valence-corrected chi connectivity index (χ2v) is 7.82. The van der Waals surface area contributed by atoms with Crippen LogP contribution >= 0.6 is 11.6 Å². The minimum Gasteiger partial charge on any atom is -0.444 e. The molecule has 1 aliphatic rings. The third-order valence-corrected chi connectivity index (χ3v) is 4.53. The molecule has 0 spiro atoms. The van der Waals surface area contributed by atoms with Crippen molar-refractivity contribution >= 4 is 28.6 Å². The van der Waals surface area contributed by atoms with Gasteiger partial charge in [0.05, 0.1) is 10.5 Å². The number of hydrogen-bond acceptors (Lipinski definition) is 2. The molecule has 1 saturated heterocycles. The lowest BCUT2D eigenvalue weighted by molar-refractivity contribution is 0.0292. The van der Waals surface area contributed by atoms with E-state index in [1.807, 2.05) is 33.8 Å². The summed E-state index contributed by atoms with van der Waals surface area (Å²) in [5.74, 6) is -0.307. The number of amides is 1. The van der Waals surface area contributed by atoms with Crippen LogP contribution in [-0.2, 0) is 4.74 Å². The monoisotopic (exact) mass is 352 g/mol. The molecular weight excluding hydrogens is 331 g/mol. The van der Waals surface area contributed by atoms with Crippen molar-refractivity contribution in [2.75, 3.05) is 13.1 Å². The van der Waals surface area contributed by atoms with E-state index >= 15 is 0 Å². The number of fused-ring (bicyclic) bond motifs is 1. The predicted octanol–water partition coefficient (Wildman–Crippen LogP) is 4.99. The van der Waals surface area contributed by atoms with Crippen LogP contribution in [0, 0.1) is 12.7 Å². The average molecular weight is 353 g/mol. The third-order valence-electron chi connectivity index (χ3n) is 4.25. The number of rotatable bonds is 1. The molecule has 0 bridgehead atoms. The zero-order valence-electron chi connectivity index (χ0n) is 14.4. The van der Waals surface area contributed by atoms with Crippen LogP contribution in [-0.4, -0.2) is 34.7 Å². The number of aromatic nitrogens is 1. The Morgan fingerprint density at radius 1 is 1.42 bits per heavy atom. The van der Waals surface area contributed by atoms with E-state index in [0.29, 0.717) is 18.6 Å². The maximum atomic E-state index is 14.2. The molecule has 3 rings (SSSR count). The molecule has 130 valence electrons. The first-order valence-corrected chi connectivity index (χ1v) is 8.48. The van der Waals surface area contributed by atoms with E-state index in [-0.39, 0.29) is 17.0 Å². The minimum atomic E-state index is -0.515. The van der Waals surface area contributed by atoms with Crippen molar-refractivity contribution in [3.63, 3.8) is 0 Å². The van der Waals surface area contributed by atoms with Crippen LogP contribution in [0.2, 0.25) is 5.02 Å². The molecule has 1 N–H and O–H groups in total. The third kappa shape index (κ3) is 3.22. The number of H-pyrrole nitrogens is 1. The summed E-state index contributed by atoms with van der Waals surface area (Å²) < 4.78 is 19.7. The number of hydrogen-bond donors (Lipinski definition) is 1. The Labute approximate surface area is 145 Å². The Balaban J connectivity index is 1.88. The van der Waals surface area contributed by atoms with Gasteiger partial charge in [0.1, 0.15) is 5.60 Å². The first kappa shape index (κ1) is 17.1. The SMILES string of the molecule is Cc1cc2c(C3CCN(C(=O)OC(C)(C)C)C3)cc(Cl)c(F)c2[nH]1. The lowest BCUT2D eigenvalue weighted by Gasteiger charge is -2.24. The zero-order valence-corrected chi connectivity index (χ0v) is 15.1. The minimum absolute atomic E-state index is 0.107. The number of ether oxygens (including phenoxy) is 1. The maximum absolute atomic E-state index is 14.2. The second kappa shape index (κ2) is 5.96. The molecule has 1 atom stereocenters. The van der Waals surface area contributed by atoms with Crippen LogP contribution in [0.4, 0.5) is 9.18 Å². The molecular formula is C18H22ClFN2O2. The number of halogens is 2. The maximum Gasteiger partial charge on any atom is 0.410 e. The van der Waals surface area contributed by atoms with Gasteiger partial charge in [-0.15, -0.1) is 0 Å². The van der Waals surface area contributed by atoms with E-state index < -0.39 is 11.4 Å². The van der Waals surface area contributed by atoms with E-state index in [2.05, 4.69) is 4.98 Å². The van der Waals surface area contributed by atoms with Gasteiger partial charge in [-0.2, -0.15) is 0 Å². The van der Waals surface area contributed by atoms with E-state index in [9.17, 15) is 9.18 Å². The van der Waals surface area contributed by atoms with Gasteiger partial charge in [0.15, 0.2) is 5.82 Å². The number of likely N-dealkylation sites (tertiary alicyclic amines) is 1. The first-order valence-electron chi connectivity index (χ1n) is 8.11. The molecule has 2 heterocycles. The van der Waals surface area contributed by atoms with Gasteiger partial charge in [-0.3, -0.25) is 0 Å². The molecule has 0 aliphatic carbocycles. The van der Waals surface area contributed by atoms with E-state index in [4.69, 9.17) is 16.3 Å². The fourth-order valence-electron chi connectivity index (χ4n) is 3.23. The average Bonchev–Trinajstić information content (AvgIpc) is 3.07. The highest BCUT2D eigenvalue weighted by molar-refractivity contribution is 6.31. The highest BCUT2D eigenvalue weighted by atomic mass is 35.5. The van der Waals surface area contributed by atoms with Crippen LogP contribution in [0.15, 0.2) is 12.1 Å². The molecule has 1 unspecified atom stereocenters. The summed E-state index contributed by atoms with van der Waals surface area (Å²) in [7, 11) is 0. The molecule has 1 aromatic carbocycles. The van der Waals surface area contributed by atoms with Gasteiger partial charge in [0.2, 0.25) is 0 Å².